The fraction of sp³-hybridized carbons (Fsp3) is 0.667. The standard InChI is InChI=1S/C9H17N3O5/c1-9(2,3)12-17-16-8(15)6(10)4-11-7(14)5-13/h5-6,12H,4,10H2,1-3H3,(H,11,14)/t6-/m1/s1. The number of aldehydes is 1. The van der Waals surface area contributed by atoms with Gasteiger partial charge in [0, 0.05) is 12.1 Å². The highest BCUT2D eigenvalue weighted by molar-refractivity contribution is 6.23. The molecule has 0 aliphatic rings. The molecule has 0 saturated heterocycles. The molecule has 0 heterocycles. The summed E-state index contributed by atoms with van der Waals surface area (Å²) in [5.74, 6) is -1.73. The summed E-state index contributed by atoms with van der Waals surface area (Å²) in [6, 6.07) is -1.11. The average Bonchev–Trinajstić information content (AvgIpc) is 2.23. The van der Waals surface area contributed by atoms with Crippen LogP contribution in [0.2, 0.25) is 0 Å². The van der Waals surface area contributed by atoms with Gasteiger partial charge in [0.1, 0.15) is 6.04 Å². The van der Waals surface area contributed by atoms with Crippen molar-refractivity contribution in [2.24, 2.45) is 5.73 Å². The van der Waals surface area contributed by atoms with E-state index in [1.165, 1.54) is 0 Å². The third-order valence-electron chi connectivity index (χ3n) is 1.38. The highest BCUT2D eigenvalue weighted by Gasteiger charge is 2.18. The summed E-state index contributed by atoms with van der Waals surface area (Å²) in [7, 11) is 0. The number of carbonyl (C=O) groups is 3. The van der Waals surface area contributed by atoms with Gasteiger partial charge in [0.15, 0.2) is 0 Å². The predicted octanol–water partition coefficient (Wildman–Crippen LogP) is -1.59. The van der Waals surface area contributed by atoms with Crippen LogP contribution in [0.4, 0.5) is 0 Å². The molecule has 1 atom stereocenters. The second-order valence-corrected chi connectivity index (χ2v) is 4.31. The van der Waals surface area contributed by atoms with E-state index in [0.29, 0.717) is 0 Å². The molecule has 1 amide bonds. The minimum atomic E-state index is -1.11. The molecular formula is C9H17N3O5. The van der Waals surface area contributed by atoms with Crippen LogP contribution in [-0.4, -0.2) is 36.3 Å². The molecule has 8 nitrogen and oxygen atoms in total. The predicted molar refractivity (Wildman–Crippen MR) is 57.1 cm³/mol. The number of carbonyl (C=O) groups excluding carboxylic acids is 3. The van der Waals surface area contributed by atoms with Crippen molar-refractivity contribution in [3.8, 4) is 0 Å². The SMILES string of the molecule is CC(C)(C)NOOC(=O)[C@H](N)CNC(=O)C=O. The molecule has 0 aromatic heterocycles. The number of nitrogens with one attached hydrogen (secondary N) is 2. The van der Waals surface area contributed by atoms with Crippen molar-refractivity contribution >= 4 is 18.2 Å². The third kappa shape index (κ3) is 8.31. The van der Waals surface area contributed by atoms with Gasteiger partial charge < -0.3 is 11.1 Å². The Kier molecular flexibility index (Phi) is 6.33. The number of rotatable bonds is 6. The Morgan fingerprint density at radius 3 is 2.47 bits per heavy atom. The van der Waals surface area contributed by atoms with Crippen LogP contribution in [0.25, 0.3) is 0 Å². The van der Waals surface area contributed by atoms with E-state index in [-0.39, 0.29) is 12.8 Å². The van der Waals surface area contributed by atoms with Crippen LogP contribution in [0.5, 0.6) is 0 Å². The Balaban J connectivity index is 3.82. The number of hydrogen-bond acceptors (Lipinski definition) is 7. The first-order valence-electron chi connectivity index (χ1n) is 4.89. The van der Waals surface area contributed by atoms with E-state index in [1.807, 2.05) is 0 Å². The number of nitrogens with two attached hydrogens (primary N) is 1. The van der Waals surface area contributed by atoms with Crippen LogP contribution < -0.4 is 16.5 Å². The van der Waals surface area contributed by atoms with Crippen LogP contribution in [0, 0.1) is 0 Å². The zero-order valence-corrected chi connectivity index (χ0v) is 9.98. The second-order valence-electron chi connectivity index (χ2n) is 4.31. The van der Waals surface area contributed by atoms with Gasteiger partial charge in [0.05, 0.1) is 0 Å². The van der Waals surface area contributed by atoms with Gasteiger partial charge in [-0.15, -0.1) is 0 Å². The molecular weight excluding hydrogens is 230 g/mol. The molecule has 17 heavy (non-hydrogen) atoms. The van der Waals surface area contributed by atoms with Crippen molar-refractivity contribution in [2.75, 3.05) is 6.54 Å². The van der Waals surface area contributed by atoms with E-state index in [4.69, 9.17) is 5.73 Å². The normalized spacial score (nSPS) is 12.7. The fourth-order valence-electron chi connectivity index (χ4n) is 0.584. The quantitative estimate of drug-likeness (QED) is 0.224. The topological polar surface area (TPSA) is 120 Å². The average molecular weight is 247 g/mol. The van der Waals surface area contributed by atoms with E-state index in [0.717, 1.165) is 0 Å². The lowest BCUT2D eigenvalue weighted by molar-refractivity contribution is -0.320. The first-order chi connectivity index (χ1) is 7.76. The van der Waals surface area contributed by atoms with E-state index in [1.54, 1.807) is 20.8 Å². The summed E-state index contributed by atoms with van der Waals surface area (Å²) in [5.41, 5.74) is 7.41. The van der Waals surface area contributed by atoms with Gasteiger partial charge in [-0.1, -0.05) is 4.99 Å². The van der Waals surface area contributed by atoms with E-state index in [9.17, 15) is 14.4 Å². The first-order valence-corrected chi connectivity index (χ1v) is 4.89. The van der Waals surface area contributed by atoms with E-state index < -0.39 is 23.5 Å². The van der Waals surface area contributed by atoms with Gasteiger partial charge in [-0.2, -0.15) is 5.48 Å². The van der Waals surface area contributed by atoms with Gasteiger partial charge in [-0.05, 0) is 20.8 Å². The van der Waals surface area contributed by atoms with Crippen LogP contribution in [0.15, 0.2) is 0 Å². The molecule has 0 aromatic rings. The molecule has 0 aromatic carbocycles. The summed E-state index contributed by atoms with van der Waals surface area (Å²) in [4.78, 5) is 40.5. The third-order valence-corrected chi connectivity index (χ3v) is 1.38. The summed E-state index contributed by atoms with van der Waals surface area (Å²) in [6.07, 6.45) is 0.0791. The maximum atomic E-state index is 11.2. The van der Waals surface area contributed by atoms with Crippen LogP contribution in [-0.2, 0) is 24.3 Å². The fourth-order valence-corrected chi connectivity index (χ4v) is 0.584. The second kappa shape index (κ2) is 6.94. The largest absolute Gasteiger partial charge is 0.362 e. The molecule has 0 bridgehead atoms. The molecule has 0 aliphatic carbocycles. The summed E-state index contributed by atoms with van der Waals surface area (Å²) in [6.45, 7) is 5.18. The molecule has 0 radical (unpaired) electrons. The van der Waals surface area contributed by atoms with Crippen molar-refractivity contribution in [1.82, 2.24) is 10.8 Å². The lowest BCUT2D eigenvalue weighted by Gasteiger charge is -2.18. The van der Waals surface area contributed by atoms with Crippen molar-refractivity contribution in [2.45, 2.75) is 32.4 Å². The Labute approximate surface area is 98.7 Å². The molecule has 0 fully saturated rings. The number of hydroxylamine groups is 1. The monoisotopic (exact) mass is 247 g/mol. The van der Waals surface area contributed by atoms with Gasteiger partial charge in [0.2, 0.25) is 6.29 Å². The Morgan fingerprint density at radius 1 is 1.41 bits per heavy atom. The molecule has 0 saturated carbocycles. The van der Waals surface area contributed by atoms with Gasteiger partial charge >= 0.3 is 5.97 Å². The molecule has 0 unspecified atom stereocenters. The van der Waals surface area contributed by atoms with Crippen LogP contribution in [0.3, 0.4) is 0 Å². The highest BCUT2D eigenvalue weighted by atomic mass is 17.3. The Hall–Kier alpha value is -1.51. The lowest BCUT2D eigenvalue weighted by Crippen LogP contribution is -2.45. The molecule has 0 rings (SSSR count). The van der Waals surface area contributed by atoms with Crippen LogP contribution in [0.1, 0.15) is 20.8 Å². The summed E-state index contributed by atoms with van der Waals surface area (Å²) >= 11 is 0. The zero-order valence-electron chi connectivity index (χ0n) is 9.98. The van der Waals surface area contributed by atoms with Crippen molar-refractivity contribution < 1.29 is 24.3 Å². The Bertz CT molecular complexity index is 287. The molecule has 98 valence electrons. The Morgan fingerprint density at radius 2 is 2.00 bits per heavy atom. The molecule has 4 N–H and O–H groups in total. The smallest absolute Gasteiger partial charge is 0.348 e. The minimum absolute atomic E-state index is 0.0791. The molecule has 8 heteroatoms. The lowest BCUT2D eigenvalue weighted by atomic mass is 10.1. The maximum Gasteiger partial charge on any atom is 0.362 e. The van der Waals surface area contributed by atoms with E-state index >= 15 is 0 Å². The van der Waals surface area contributed by atoms with Crippen molar-refractivity contribution in [3.05, 3.63) is 0 Å². The van der Waals surface area contributed by atoms with Gasteiger partial charge in [-0.25, -0.2) is 4.79 Å². The van der Waals surface area contributed by atoms with Crippen LogP contribution >= 0.6 is 0 Å². The first kappa shape index (κ1) is 15.5. The number of amides is 1. The van der Waals surface area contributed by atoms with Gasteiger partial charge in [0.25, 0.3) is 5.91 Å². The molecule has 0 aliphatic heterocycles. The zero-order chi connectivity index (χ0) is 13.5. The van der Waals surface area contributed by atoms with E-state index in [2.05, 4.69) is 20.7 Å². The van der Waals surface area contributed by atoms with Crippen molar-refractivity contribution in [3.63, 3.8) is 0 Å². The summed E-state index contributed by atoms with van der Waals surface area (Å²) in [5, 5.41) is 2.11. The number of hydrogen-bond donors (Lipinski definition) is 3. The molecule has 0 spiro atoms. The van der Waals surface area contributed by atoms with Gasteiger partial charge in [-0.3, -0.25) is 14.5 Å². The minimum Gasteiger partial charge on any atom is -0.348 e. The van der Waals surface area contributed by atoms with Crippen molar-refractivity contribution in [1.29, 1.82) is 0 Å². The maximum absolute atomic E-state index is 11.2. The highest BCUT2D eigenvalue weighted by Crippen LogP contribution is 1.98. The summed E-state index contributed by atoms with van der Waals surface area (Å²) < 4.78 is 0.